The lowest BCUT2D eigenvalue weighted by Gasteiger charge is -2.26. The average molecular weight is 426 g/mol. The molecule has 0 aliphatic carbocycles. The molecule has 3 rings (SSSR count). The molecular weight excluding hydrogens is 390 g/mol. The van der Waals surface area contributed by atoms with E-state index >= 15 is 0 Å². The van der Waals surface area contributed by atoms with E-state index in [0.717, 1.165) is 55.9 Å². The number of fused-ring (bicyclic) bond motifs is 1. The lowest BCUT2D eigenvalue weighted by Crippen LogP contribution is -2.31. The molecule has 31 heavy (non-hydrogen) atoms. The van der Waals surface area contributed by atoms with Crippen LogP contribution in [0.1, 0.15) is 45.6 Å². The van der Waals surface area contributed by atoms with Gasteiger partial charge in [-0.25, -0.2) is 4.98 Å². The van der Waals surface area contributed by atoms with Crippen molar-refractivity contribution in [3.05, 3.63) is 29.8 Å². The van der Waals surface area contributed by atoms with Gasteiger partial charge in [0.25, 0.3) is 0 Å². The molecular formula is C23H35N7O. The van der Waals surface area contributed by atoms with Crippen LogP contribution in [0.15, 0.2) is 24.3 Å². The number of imidazole rings is 1. The van der Waals surface area contributed by atoms with Crippen LogP contribution >= 0.6 is 0 Å². The summed E-state index contributed by atoms with van der Waals surface area (Å²) in [5.41, 5.74) is 3.62. The lowest BCUT2D eigenvalue weighted by molar-refractivity contribution is 0.301. The minimum absolute atomic E-state index is 0.0630. The van der Waals surface area contributed by atoms with Crippen molar-refractivity contribution in [3.63, 3.8) is 0 Å². The highest BCUT2D eigenvalue weighted by Gasteiger charge is 2.20. The van der Waals surface area contributed by atoms with Crippen LogP contribution in [0.25, 0.3) is 11.2 Å². The molecule has 2 aromatic heterocycles. The number of hydrogen-bond acceptors (Lipinski definition) is 7. The molecule has 168 valence electrons. The number of aromatic nitrogens is 4. The molecule has 3 aromatic rings. The summed E-state index contributed by atoms with van der Waals surface area (Å²) >= 11 is 0. The van der Waals surface area contributed by atoms with E-state index in [1.807, 2.05) is 17.0 Å². The zero-order chi connectivity index (χ0) is 22.2. The van der Waals surface area contributed by atoms with Gasteiger partial charge in [-0.1, -0.05) is 32.9 Å². The Morgan fingerprint density at radius 2 is 1.65 bits per heavy atom. The van der Waals surface area contributed by atoms with Crippen molar-refractivity contribution in [2.45, 2.75) is 47.0 Å². The number of H-pyrrole nitrogens is 1. The number of anilines is 4. The summed E-state index contributed by atoms with van der Waals surface area (Å²) in [6, 6.07) is 8.18. The van der Waals surface area contributed by atoms with Gasteiger partial charge in [-0.3, -0.25) is 0 Å². The molecule has 0 amide bonds. The molecule has 0 radical (unpaired) electrons. The fraction of sp³-hybridized carbons (Fsp3) is 0.522. The maximum absolute atomic E-state index is 9.54. The summed E-state index contributed by atoms with van der Waals surface area (Å²) < 4.78 is 0. The predicted octanol–water partition coefficient (Wildman–Crippen LogP) is 4.24. The summed E-state index contributed by atoms with van der Waals surface area (Å²) in [5, 5.41) is 12.9. The monoisotopic (exact) mass is 425 g/mol. The summed E-state index contributed by atoms with van der Waals surface area (Å²) in [4.78, 5) is 22.2. The van der Waals surface area contributed by atoms with Crippen molar-refractivity contribution in [2.24, 2.45) is 0 Å². The molecule has 0 aliphatic heterocycles. The first-order valence-electron chi connectivity index (χ1n) is 11.3. The Kier molecular flexibility index (Phi) is 8.06. The largest absolute Gasteiger partial charge is 0.395 e. The molecule has 3 N–H and O–H groups in total. The third-order valence-corrected chi connectivity index (χ3v) is 5.03. The van der Waals surface area contributed by atoms with Gasteiger partial charge in [0.05, 0.1) is 6.61 Å². The van der Waals surface area contributed by atoms with Crippen LogP contribution < -0.4 is 15.1 Å². The van der Waals surface area contributed by atoms with Crippen LogP contribution in [-0.2, 0) is 0 Å². The van der Waals surface area contributed by atoms with Crippen LogP contribution in [0.5, 0.6) is 0 Å². The zero-order valence-electron chi connectivity index (χ0n) is 19.1. The van der Waals surface area contributed by atoms with E-state index in [2.05, 4.69) is 55.0 Å². The van der Waals surface area contributed by atoms with Gasteiger partial charge >= 0.3 is 0 Å². The van der Waals surface area contributed by atoms with E-state index in [9.17, 15) is 5.11 Å². The summed E-state index contributed by atoms with van der Waals surface area (Å²) in [7, 11) is 0. The van der Waals surface area contributed by atoms with Crippen molar-refractivity contribution >= 4 is 34.6 Å². The third-order valence-electron chi connectivity index (χ3n) is 5.03. The Bertz CT molecular complexity index is 960. The first-order chi connectivity index (χ1) is 15.1. The van der Waals surface area contributed by atoms with Crippen LogP contribution in [0.3, 0.4) is 0 Å². The summed E-state index contributed by atoms with van der Waals surface area (Å²) in [5.74, 6) is 2.11. The Hall–Kier alpha value is -2.87. The normalized spacial score (nSPS) is 11.1. The first-order valence-corrected chi connectivity index (χ1v) is 11.3. The smallest absolute Gasteiger partial charge is 0.229 e. The molecule has 0 unspecified atom stereocenters. The zero-order valence-corrected chi connectivity index (χ0v) is 19.1. The molecule has 0 saturated heterocycles. The number of rotatable bonds is 12. The number of benzene rings is 1. The number of nitrogens with zero attached hydrogens (tertiary/aromatic N) is 5. The molecule has 0 spiro atoms. The van der Waals surface area contributed by atoms with Gasteiger partial charge in [-0.05, 0) is 43.9 Å². The molecule has 1 aromatic carbocycles. The van der Waals surface area contributed by atoms with Gasteiger partial charge in [0.15, 0.2) is 17.0 Å². The maximum Gasteiger partial charge on any atom is 0.229 e. The quantitative estimate of drug-likeness (QED) is 0.400. The van der Waals surface area contributed by atoms with Crippen LogP contribution in [0, 0.1) is 6.92 Å². The predicted molar refractivity (Wildman–Crippen MR) is 129 cm³/mol. The highest BCUT2D eigenvalue weighted by atomic mass is 16.3. The Morgan fingerprint density at radius 1 is 0.935 bits per heavy atom. The van der Waals surface area contributed by atoms with Gasteiger partial charge in [-0.15, -0.1) is 0 Å². The minimum atomic E-state index is 0.0630. The van der Waals surface area contributed by atoms with E-state index in [-0.39, 0.29) is 6.61 Å². The fourth-order valence-electron chi connectivity index (χ4n) is 3.72. The van der Waals surface area contributed by atoms with Crippen LogP contribution in [0.2, 0.25) is 0 Å². The van der Waals surface area contributed by atoms with E-state index in [4.69, 9.17) is 15.0 Å². The topological polar surface area (TPSA) is 93.2 Å². The summed E-state index contributed by atoms with van der Waals surface area (Å²) in [6.45, 7) is 11.7. The van der Waals surface area contributed by atoms with Crippen LogP contribution in [-0.4, -0.2) is 57.8 Å². The van der Waals surface area contributed by atoms with E-state index in [0.29, 0.717) is 24.1 Å². The molecule has 0 bridgehead atoms. The van der Waals surface area contributed by atoms with Crippen molar-refractivity contribution in [1.82, 2.24) is 19.9 Å². The molecule has 0 saturated carbocycles. The van der Waals surface area contributed by atoms with Gasteiger partial charge in [-0.2, -0.15) is 9.97 Å². The molecule has 0 aliphatic rings. The van der Waals surface area contributed by atoms with Crippen molar-refractivity contribution in [2.75, 3.05) is 47.9 Å². The van der Waals surface area contributed by atoms with E-state index in [1.54, 1.807) is 0 Å². The minimum Gasteiger partial charge on any atom is -0.395 e. The van der Waals surface area contributed by atoms with Gasteiger partial charge in [0.1, 0.15) is 0 Å². The van der Waals surface area contributed by atoms with Crippen LogP contribution in [0.4, 0.5) is 23.4 Å². The second-order valence-corrected chi connectivity index (χ2v) is 7.82. The Morgan fingerprint density at radius 3 is 2.29 bits per heavy atom. The molecule has 0 fully saturated rings. The van der Waals surface area contributed by atoms with Crippen molar-refractivity contribution in [3.8, 4) is 0 Å². The molecule has 0 atom stereocenters. The van der Waals surface area contributed by atoms with Crippen molar-refractivity contribution in [1.29, 1.82) is 0 Å². The second-order valence-electron chi connectivity index (χ2n) is 7.82. The molecule has 8 heteroatoms. The number of hydrogen-bond donors (Lipinski definition) is 3. The van der Waals surface area contributed by atoms with Gasteiger partial charge in [0.2, 0.25) is 11.9 Å². The second kappa shape index (κ2) is 10.9. The number of nitrogens with one attached hydrogen (secondary N) is 2. The first kappa shape index (κ1) is 22.8. The van der Waals surface area contributed by atoms with Crippen molar-refractivity contribution < 1.29 is 5.11 Å². The SMILES string of the molecule is CCCN(CCO)c1nc(N(CCC)CCC)c2nc(Nc3cccc(C)c3)[nH]c2n1. The third kappa shape index (κ3) is 5.64. The number of aliphatic hydroxyl groups is 1. The fourth-order valence-corrected chi connectivity index (χ4v) is 3.72. The number of aryl methyl sites for hydroxylation is 1. The number of aliphatic hydroxyl groups excluding tert-OH is 1. The average Bonchev–Trinajstić information content (AvgIpc) is 3.15. The maximum atomic E-state index is 9.54. The highest BCUT2D eigenvalue weighted by molar-refractivity contribution is 5.87. The summed E-state index contributed by atoms with van der Waals surface area (Å²) in [6.07, 6.45) is 3.00. The van der Waals surface area contributed by atoms with E-state index in [1.165, 1.54) is 5.56 Å². The van der Waals surface area contributed by atoms with Gasteiger partial charge in [0, 0.05) is 31.9 Å². The Balaban J connectivity index is 2.08. The molecule has 8 nitrogen and oxygen atoms in total. The van der Waals surface area contributed by atoms with Gasteiger partial charge < -0.3 is 25.2 Å². The molecule has 2 heterocycles. The van der Waals surface area contributed by atoms with E-state index < -0.39 is 0 Å². The lowest BCUT2D eigenvalue weighted by atomic mass is 10.2. The number of aromatic amines is 1. The Labute approximate surface area is 184 Å². The standard InChI is InChI=1S/C23H35N7O/c1-5-11-29(12-6-2)21-19-20(27-23(28-21)30(13-7-3)14-15-31)26-22(25-19)24-18-10-8-9-17(4)16-18/h8-10,16,31H,5-7,11-15H2,1-4H3,(H2,24,25,26,27,28). The highest BCUT2D eigenvalue weighted by Crippen LogP contribution is 2.28.